The molecular weight excluding hydrogens is 348 g/mol. The van der Waals surface area contributed by atoms with Crippen LogP contribution in [0.1, 0.15) is 34.9 Å². The summed E-state index contributed by atoms with van der Waals surface area (Å²) in [4.78, 5) is 4.59. The summed E-state index contributed by atoms with van der Waals surface area (Å²) in [6.45, 7) is 10.4. The number of benzene rings is 1. The molecule has 1 aliphatic carbocycles. The molecule has 2 atom stereocenters. The number of thiophene rings is 1. The molecule has 1 aromatic heterocycles. The molecule has 3 rings (SSSR count). The maximum absolute atomic E-state index is 5.60. The fourth-order valence-electron chi connectivity index (χ4n) is 3.39. The van der Waals surface area contributed by atoms with E-state index in [0.29, 0.717) is 11.8 Å². The molecule has 1 saturated carbocycles. The Bertz CT molecular complexity index is 880. The molecule has 1 N–H and O–H groups in total. The fraction of sp³-hybridized carbons (Fsp3) is 0.333. The Morgan fingerprint density at radius 1 is 1.33 bits per heavy atom. The largest absolute Gasteiger partial charge is 0.365 e. The summed E-state index contributed by atoms with van der Waals surface area (Å²) in [5.74, 6) is 4.79. The minimum atomic E-state index is 0.194. The van der Waals surface area contributed by atoms with Crippen molar-refractivity contribution in [2.24, 2.45) is 11.8 Å². The van der Waals surface area contributed by atoms with E-state index in [2.05, 4.69) is 61.7 Å². The first-order valence-corrected chi connectivity index (χ1v) is 10.2. The van der Waals surface area contributed by atoms with E-state index < -0.39 is 0 Å². The molecule has 27 heavy (non-hydrogen) atoms. The van der Waals surface area contributed by atoms with Crippen molar-refractivity contribution in [3.63, 3.8) is 0 Å². The van der Waals surface area contributed by atoms with Crippen LogP contribution in [0.4, 0.5) is 0 Å². The Labute approximate surface area is 167 Å². The third kappa shape index (κ3) is 4.28. The molecule has 3 heteroatoms. The van der Waals surface area contributed by atoms with Crippen LogP contribution < -0.4 is 5.32 Å². The van der Waals surface area contributed by atoms with E-state index in [9.17, 15) is 0 Å². The van der Waals surface area contributed by atoms with E-state index in [0.717, 1.165) is 11.4 Å². The average Bonchev–Trinajstić information content (AvgIpc) is 3.37. The molecule has 0 radical (unpaired) electrons. The molecule has 0 aliphatic heterocycles. The SMILES string of the molecule is C#Cc1ccc(C)c(-c2ccc(C(NC(=C)N(C)C)C(C=C)C3CC3)s2)c1. The minimum absolute atomic E-state index is 0.194. The molecule has 2 nitrogen and oxygen atoms in total. The molecule has 1 fully saturated rings. The second-order valence-electron chi connectivity index (χ2n) is 7.49. The molecular formula is C24H28N2S. The first-order chi connectivity index (χ1) is 12.9. The highest BCUT2D eigenvalue weighted by molar-refractivity contribution is 7.15. The fourth-order valence-corrected chi connectivity index (χ4v) is 4.59. The van der Waals surface area contributed by atoms with Crippen molar-refractivity contribution < 1.29 is 0 Å². The highest BCUT2D eigenvalue weighted by Crippen LogP contribution is 2.46. The monoisotopic (exact) mass is 376 g/mol. The standard InChI is InChI=1S/C24H28N2S/c1-7-18-10-9-16(3)21(15-18)22-13-14-23(27-22)24(25-17(4)26(5)6)20(8-2)19-11-12-19/h1,8-10,13-15,19-20,24-25H,2,4,11-12H2,3,5-6H3. The molecule has 0 amide bonds. The van der Waals surface area contributed by atoms with E-state index in [1.807, 2.05) is 36.4 Å². The molecule has 0 saturated heterocycles. The Morgan fingerprint density at radius 2 is 2.07 bits per heavy atom. The number of nitrogens with zero attached hydrogens (tertiary/aromatic N) is 1. The third-order valence-corrected chi connectivity index (χ3v) is 6.49. The van der Waals surface area contributed by atoms with Crippen LogP contribution in [0.25, 0.3) is 10.4 Å². The summed E-state index contributed by atoms with van der Waals surface area (Å²) >= 11 is 1.83. The predicted molar refractivity (Wildman–Crippen MR) is 118 cm³/mol. The van der Waals surface area contributed by atoms with Crippen molar-refractivity contribution in [2.75, 3.05) is 14.1 Å². The van der Waals surface area contributed by atoms with Gasteiger partial charge in [-0.3, -0.25) is 0 Å². The van der Waals surface area contributed by atoms with Gasteiger partial charge in [0.2, 0.25) is 0 Å². The summed E-state index contributed by atoms with van der Waals surface area (Å²) in [5.41, 5.74) is 3.38. The predicted octanol–water partition coefficient (Wildman–Crippen LogP) is 5.58. The van der Waals surface area contributed by atoms with Crippen LogP contribution in [0.15, 0.2) is 55.4 Å². The molecule has 2 unspecified atom stereocenters. The van der Waals surface area contributed by atoms with Crippen LogP contribution in [0, 0.1) is 31.1 Å². The number of hydrogen-bond donors (Lipinski definition) is 1. The number of rotatable bonds is 8. The first kappa shape index (κ1) is 19.3. The molecule has 1 heterocycles. The maximum Gasteiger partial charge on any atom is 0.0938 e. The van der Waals surface area contributed by atoms with Gasteiger partial charge in [0.1, 0.15) is 0 Å². The second-order valence-corrected chi connectivity index (χ2v) is 8.61. The quantitative estimate of drug-likeness (QED) is 0.478. The van der Waals surface area contributed by atoms with Crippen molar-refractivity contribution in [2.45, 2.75) is 25.8 Å². The lowest BCUT2D eigenvalue weighted by Gasteiger charge is -2.29. The van der Waals surface area contributed by atoms with Gasteiger partial charge in [0.05, 0.1) is 11.9 Å². The molecule has 0 bridgehead atoms. The number of aryl methyl sites for hydroxylation is 1. The second kappa shape index (κ2) is 8.06. The molecule has 0 spiro atoms. The molecule has 1 aliphatic rings. The van der Waals surface area contributed by atoms with E-state index in [1.165, 1.54) is 33.7 Å². The number of terminal acetylenes is 1. The summed E-state index contributed by atoms with van der Waals surface area (Å²) < 4.78 is 0. The van der Waals surface area contributed by atoms with Gasteiger partial charge in [0, 0.05) is 35.3 Å². The number of nitrogens with one attached hydrogen (secondary N) is 1. The van der Waals surface area contributed by atoms with E-state index in [-0.39, 0.29) is 6.04 Å². The lowest BCUT2D eigenvalue weighted by atomic mass is 9.93. The van der Waals surface area contributed by atoms with Gasteiger partial charge >= 0.3 is 0 Å². The van der Waals surface area contributed by atoms with E-state index in [1.54, 1.807) is 0 Å². The molecule has 1 aromatic carbocycles. The van der Waals surface area contributed by atoms with Crippen LogP contribution in [0.3, 0.4) is 0 Å². The molecule has 2 aromatic rings. The van der Waals surface area contributed by atoms with Crippen LogP contribution in [-0.4, -0.2) is 19.0 Å². The zero-order chi connectivity index (χ0) is 19.6. The Morgan fingerprint density at radius 3 is 2.67 bits per heavy atom. The van der Waals surface area contributed by atoms with Crippen molar-refractivity contribution in [1.29, 1.82) is 0 Å². The van der Waals surface area contributed by atoms with Crippen molar-refractivity contribution >= 4 is 11.3 Å². The van der Waals surface area contributed by atoms with Crippen molar-refractivity contribution in [3.8, 4) is 22.8 Å². The van der Waals surface area contributed by atoms with Crippen LogP contribution in [-0.2, 0) is 0 Å². The lowest BCUT2D eigenvalue weighted by molar-refractivity contribution is 0.363. The van der Waals surface area contributed by atoms with Gasteiger partial charge in [-0.2, -0.15) is 0 Å². The van der Waals surface area contributed by atoms with Gasteiger partial charge in [0.25, 0.3) is 0 Å². The van der Waals surface area contributed by atoms with Gasteiger partial charge in [0.15, 0.2) is 0 Å². The highest BCUT2D eigenvalue weighted by Gasteiger charge is 2.36. The van der Waals surface area contributed by atoms with Gasteiger partial charge in [-0.15, -0.1) is 24.3 Å². The van der Waals surface area contributed by atoms with Gasteiger partial charge in [-0.05, 0) is 61.1 Å². The van der Waals surface area contributed by atoms with Crippen LogP contribution >= 0.6 is 11.3 Å². The highest BCUT2D eigenvalue weighted by atomic mass is 32.1. The number of hydrogen-bond acceptors (Lipinski definition) is 3. The smallest absolute Gasteiger partial charge is 0.0938 e. The van der Waals surface area contributed by atoms with Gasteiger partial charge in [-0.25, -0.2) is 0 Å². The van der Waals surface area contributed by atoms with E-state index in [4.69, 9.17) is 6.42 Å². The molecule has 140 valence electrons. The normalized spacial score (nSPS) is 15.5. The topological polar surface area (TPSA) is 15.3 Å². The lowest BCUT2D eigenvalue weighted by Crippen LogP contribution is -2.32. The van der Waals surface area contributed by atoms with Crippen LogP contribution in [0.2, 0.25) is 0 Å². The average molecular weight is 377 g/mol. The van der Waals surface area contributed by atoms with Crippen molar-refractivity contribution in [1.82, 2.24) is 10.2 Å². The van der Waals surface area contributed by atoms with Gasteiger partial charge in [-0.1, -0.05) is 24.6 Å². The summed E-state index contributed by atoms with van der Waals surface area (Å²) in [7, 11) is 4.03. The maximum atomic E-state index is 5.60. The zero-order valence-electron chi connectivity index (χ0n) is 16.5. The Hall–Kier alpha value is -2.44. The Kier molecular flexibility index (Phi) is 5.77. The zero-order valence-corrected chi connectivity index (χ0v) is 17.3. The summed E-state index contributed by atoms with van der Waals surface area (Å²) in [6, 6.07) is 10.9. The minimum Gasteiger partial charge on any atom is -0.365 e. The Balaban J connectivity index is 1.95. The van der Waals surface area contributed by atoms with Crippen molar-refractivity contribution in [3.05, 3.63) is 71.4 Å². The summed E-state index contributed by atoms with van der Waals surface area (Å²) in [6.07, 6.45) is 10.3. The first-order valence-electron chi connectivity index (χ1n) is 9.37. The van der Waals surface area contributed by atoms with E-state index >= 15 is 0 Å². The summed E-state index contributed by atoms with van der Waals surface area (Å²) in [5, 5.41) is 3.65. The van der Waals surface area contributed by atoms with Crippen LogP contribution in [0.5, 0.6) is 0 Å². The third-order valence-electron chi connectivity index (χ3n) is 5.29. The van der Waals surface area contributed by atoms with Gasteiger partial charge < -0.3 is 10.2 Å².